The van der Waals surface area contributed by atoms with Crippen LogP contribution in [0.4, 0.5) is 0 Å². The minimum Gasteiger partial charge on any atom is -0.466 e. The maximum absolute atomic E-state index is 12.4. The number of pyridine rings is 1. The van der Waals surface area contributed by atoms with Gasteiger partial charge in [0.2, 0.25) is 0 Å². The van der Waals surface area contributed by atoms with Crippen molar-refractivity contribution in [3.8, 4) is 11.1 Å². The number of aliphatic hydroxyl groups is 1. The number of hydrogen-bond donors (Lipinski definition) is 2. The first-order valence-electron chi connectivity index (χ1n) is 13.3. The average Bonchev–Trinajstić information content (AvgIpc) is 3.41. The van der Waals surface area contributed by atoms with E-state index in [2.05, 4.69) is 10.3 Å². The highest BCUT2D eigenvalue weighted by molar-refractivity contribution is 6.31. The lowest BCUT2D eigenvalue weighted by Crippen LogP contribution is -2.31. The van der Waals surface area contributed by atoms with Crippen LogP contribution >= 0.6 is 23.2 Å². The summed E-state index contributed by atoms with van der Waals surface area (Å²) in [6.07, 6.45) is 3.61. The zero-order valence-electron chi connectivity index (χ0n) is 22.8. The van der Waals surface area contributed by atoms with Gasteiger partial charge in [-0.3, -0.25) is 9.78 Å². The third-order valence-electron chi connectivity index (χ3n) is 6.98. The fourth-order valence-corrected chi connectivity index (χ4v) is 5.31. The number of nitrogens with one attached hydrogen (secondary N) is 1. The number of imidazole rings is 1. The SMILES string of the molecule is CCOC(=O)CCNCc1cc(-c2cccc(Cl)c2)c2cc(C(O)(c3ccc(Cl)cc3)c3cncn3C)ccc2n1. The highest BCUT2D eigenvalue weighted by Crippen LogP contribution is 2.40. The zero-order valence-corrected chi connectivity index (χ0v) is 24.3. The summed E-state index contributed by atoms with van der Waals surface area (Å²) >= 11 is 12.6. The highest BCUT2D eigenvalue weighted by Gasteiger charge is 2.37. The molecule has 0 radical (unpaired) electrons. The van der Waals surface area contributed by atoms with Crippen molar-refractivity contribution in [1.29, 1.82) is 0 Å². The molecule has 0 aliphatic rings. The van der Waals surface area contributed by atoms with Crippen LogP contribution in [0.2, 0.25) is 10.0 Å². The lowest BCUT2D eigenvalue weighted by atomic mass is 9.82. The van der Waals surface area contributed by atoms with E-state index in [0.29, 0.717) is 46.6 Å². The van der Waals surface area contributed by atoms with E-state index in [-0.39, 0.29) is 12.4 Å². The molecule has 1 atom stereocenters. The number of ether oxygens (including phenoxy) is 1. The molecule has 3 aromatic carbocycles. The fraction of sp³-hybridized carbons (Fsp3) is 0.219. The Morgan fingerprint density at radius 2 is 1.80 bits per heavy atom. The van der Waals surface area contributed by atoms with Crippen molar-refractivity contribution in [1.82, 2.24) is 19.9 Å². The molecular formula is C32H30Cl2N4O3. The quantitative estimate of drug-likeness (QED) is 0.148. The van der Waals surface area contributed by atoms with Crippen molar-refractivity contribution in [2.75, 3.05) is 13.2 Å². The van der Waals surface area contributed by atoms with Crippen molar-refractivity contribution in [2.24, 2.45) is 7.05 Å². The van der Waals surface area contributed by atoms with Gasteiger partial charge in [0.1, 0.15) is 0 Å². The second-order valence-corrected chi connectivity index (χ2v) is 10.6. The first-order chi connectivity index (χ1) is 19.8. The van der Waals surface area contributed by atoms with Crippen molar-refractivity contribution < 1.29 is 14.6 Å². The van der Waals surface area contributed by atoms with Gasteiger partial charge in [0.15, 0.2) is 5.60 Å². The van der Waals surface area contributed by atoms with E-state index in [4.69, 9.17) is 32.9 Å². The summed E-state index contributed by atoms with van der Waals surface area (Å²) in [5.74, 6) is -0.236. The largest absolute Gasteiger partial charge is 0.466 e. The molecule has 2 heterocycles. The Kier molecular flexibility index (Phi) is 8.71. The van der Waals surface area contributed by atoms with E-state index < -0.39 is 5.60 Å². The number of hydrogen-bond acceptors (Lipinski definition) is 6. The lowest BCUT2D eigenvalue weighted by Gasteiger charge is -2.30. The van der Waals surface area contributed by atoms with Gasteiger partial charge < -0.3 is 19.7 Å². The molecule has 210 valence electrons. The second kappa shape index (κ2) is 12.4. The van der Waals surface area contributed by atoms with Crippen molar-refractivity contribution in [3.63, 3.8) is 0 Å². The Morgan fingerprint density at radius 3 is 2.51 bits per heavy atom. The summed E-state index contributed by atoms with van der Waals surface area (Å²) in [4.78, 5) is 20.9. The molecule has 0 fully saturated rings. The molecule has 0 aliphatic carbocycles. The molecular weight excluding hydrogens is 559 g/mol. The maximum atomic E-state index is 12.4. The number of halogens is 2. The maximum Gasteiger partial charge on any atom is 0.307 e. The summed E-state index contributed by atoms with van der Waals surface area (Å²) < 4.78 is 6.82. The molecule has 0 spiro atoms. The van der Waals surface area contributed by atoms with Crippen LogP contribution in [0.1, 0.15) is 35.9 Å². The van der Waals surface area contributed by atoms with Gasteiger partial charge in [-0.05, 0) is 71.6 Å². The average molecular weight is 590 g/mol. The summed E-state index contributed by atoms with van der Waals surface area (Å²) in [5.41, 5.74) is 3.82. The number of aryl methyl sites for hydroxylation is 1. The Morgan fingerprint density at radius 1 is 1.02 bits per heavy atom. The number of benzene rings is 3. The van der Waals surface area contributed by atoms with E-state index in [1.807, 2.05) is 67.7 Å². The molecule has 9 heteroatoms. The number of nitrogens with zero attached hydrogens (tertiary/aromatic N) is 3. The lowest BCUT2D eigenvalue weighted by molar-refractivity contribution is -0.142. The molecule has 2 aromatic heterocycles. The smallest absolute Gasteiger partial charge is 0.307 e. The predicted octanol–water partition coefficient (Wildman–Crippen LogP) is 6.27. The molecule has 0 bridgehead atoms. The molecule has 5 aromatic rings. The molecule has 0 amide bonds. The van der Waals surface area contributed by atoms with E-state index in [1.165, 1.54) is 0 Å². The topological polar surface area (TPSA) is 89.3 Å². The van der Waals surface area contributed by atoms with Crippen LogP contribution in [0.5, 0.6) is 0 Å². The van der Waals surface area contributed by atoms with Crippen LogP contribution in [0.3, 0.4) is 0 Å². The van der Waals surface area contributed by atoms with Gasteiger partial charge >= 0.3 is 5.97 Å². The van der Waals surface area contributed by atoms with Gasteiger partial charge in [-0.1, -0.05) is 53.5 Å². The third-order valence-corrected chi connectivity index (χ3v) is 7.47. The molecule has 2 N–H and O–H groups in total. The van der Waals surface area contributed by atoms with E-state index >= 15 is 0 Å². The minimum absolute atomic E-state index is 0.236. The number of aromatic nitrogens is 3. The number of rotatable bonds is 10. The Bertz CT molecular complexity index is 1690. The second-order valence-electron chi connectivity index (χ2n) is 9.74. The van der Waals surface area contributed by atoms with Crippen LogP contribution in [0.25, 0.3) is 22.0 Å². The molecule has 5 rings (SSSR count). The summed E-state index contributed by atoms with van der Waals surface area (Å²) in [6.45, 7) is 3.10. The van der Waals surface area contributed by atoms with Gasteiger partial charge in [0.05, 0.1) is 42.5 Å². The van der Waals surface area contributed by atoms with Gasteiger partial charge in [0, 0.05) is 35.6 Å². The van der Waals surface area contributed by atoms with E-state index in [0.717, 1.165) is 27.7 Å². The van der Waals surface area contributed by atoms with Gasteiger partial charge in [-0.25, -0.2) is 4.98 Å². The minimum atomic E-state index is -1.51. The number of carbonyl (C=O) groups is 1. The van der Waals surface area contributed by atoms with Gasteiger partial charge in [-0.15, -0.1) is 0 Å². The van der Waals surface area contributed by atoms with Crippen LogP contribution in [-0.4, -0.2) is 38.8 Å². The standard InChI is InChI=1S/C32H30Cl2N4O3/c1-3-41-31(39)13-14-35-18-26-17-27(21-5-4-6-25(34)15-21)28-16-23(9-12-29(28)37-26)32(40,30-19-36-20-38(30)2)22-7-10-24(33)11-8-22/h4-12,15-17,19-20,35,40H,3,13-14,18H2,1-2H3. The third kappa shape index (κ3) is 6.14. The fourth-order valence-electron chi connectivity index (χ4n) is 4.99. The Hall–Kier alpha value is -3.75. The van der Waals surface area contributed by atoms with Crippen molar-refractivity contribution in [2.45, 2.75) is 25.5 Å². The normalized spacial score (nSPS) is 12.8. The van der Waals surface area contributed by atoms with E-state index in [9.17, 15) is 9.90 Å². The number of carbonyl (C=O) groups excluding carboxylic acids is 1. The molecule has 41 heavy (non-hydrogen) atoms. The summed E-state index contributed by atoms with van der Waals surface area (Å²) in [6, 6.07) is 22.6. The van der Waals surface area contributed by atoms with Crippen LogP contribution in [0, 0.1) is 0 Å². The van der Waals surface area contributed by atoms with E-state index in [1.54, 1.807) is 36.1 Å². The first-order valence-corrected chi connectivity index (χ1v) is 14.1. The van der Waals surface area contributed by atoms with Crippen LogP contribution in [0.15, 0.2) is 85.3 Å². The zero-order chi connectivity index (χ0) is 29.0. The Labute approximate surface area is 248 Å². The van der Waals surface area contributed by atoms with Gasteiger partial charge in [-0.2, -0.15) is 0 Å². The summed E-state index contributed by atoms with van der Waals surface area (Å²) in [7, 11) is 1.85. The Balaban J connectivity index is 1.61. The molecule has 0 aliphatic heterocycles. The predicted molar refractivity (Wildman–Crippen MR) is 162 cm³/mol. The summed E-state index contributed by atoms with van der Waals surface area (Å²) in [5, 5.41) is 17.8. The monoisotopic (exact) mass is 588 g/mol. The van der Waals surface area contributed by atoms with Crippen molar-refractivity contribution in [3.05, 3.63) is 118 Å². The highest BCUT2D eigenvalue weighted by atomic mass is 35.5. The van der Waals surface area contributed by atoms with Crippen molar-refractivity contribution >= 4 is 40.1 Å². The first kappa shape index (κ1) is 28.8. The van der Waals surface area contributed by atoms with Crippen LogP contribution in [-0.2, 0) is 28.7 Å². The molecule has 7 nitrogen and oxygen atoms in total. The van der Waals surface area contributed by atoms with Crippen LogP contribution < -0.4 is 5.32 Å². The molecule has 0 saturated carbocycles. The number of fused-ring (bicyclic) bond motifs is 1. The van der Waals surface area contributed by atoms with Gasteiger partial charge in [0.25, 0.3) is 0 Å². The molecule has 1 unspecified atom stereocenters. The molecule has 0 saturated heterocycles. The number of esters is 1.